The van der Waals surface area contributed by atoms with Crippen LogP contribution in [0.4, 0.5) is 5.95 Å². The van der Waals surface area contributed by atoms with Crippen LogP contribution >= 0.6 is 12.2 Å². The molecule has 7 nitrogen and oxygen atoms in total. The first-order chi connectivity index (χ1) is 11.0. The number of thiocarbonyl (C=S) groups is 1. The van der Waals surface area contributed by atoms with E-state index in [2.05, 4.69) is 26.0 Å². The molecule has 1 heterocycles. The number of amides is 1. The molecular formula is C15H22N6OS. The fraction of sp³-hybridized carbons (Fsp3) is 0.800. The minimum absolute atomic E-state index is 0.00772. The van der Waals surface area contributed by atoms with Crippen LogP contribution < -0.4 is 10.6 Å². The molecular weight excluding hydrogens is 312 g/mol. The summed E-state index contributed by atoms with van der Waals surface area (Å²) in [4.78, 5) is 13.8. The molecule has 1 aromatic heterocycles. The quantitative estimate of drug-likeness (QED) is 0.817. The van der Waals surface area contributed by atoms with Crippen molar-refractivity contribution in [2.24, 2.45) is 30.2 Å². The van der Waals surface area contributed by atoms with Gasteiger partial charge in [-0.3, -0.25) is 10.1 Å². The van der Waals surface area contributed by atoms with Crippen LogP contribution in [0.1, 0.15) is 44.9 Å². The van der Waals surface area contributed by atoms with Gasteiger partial charge in [-0.1, -0.05) is 5.10 Å². The number of anilines is 1. The summed E-state index contributed by atoms with van der Waals surface area (Å²) in [6, 6.07) is 0. The molecule has 1 amide bonds. The largest absolute Gasteiger partial charge is 0.303 e. The predicted octanol–water partition coefficient (Wildman–Crippen LogP) is 1.63. The van der Waals surface area contributed by atoms with E-state index in [0.29, 0.717) is 12.4 Å². The van der Waals surface area contributed by atoms with Gasteiger partial charge in [0.1, 0.15) is 0 Å². The first kappa shape index (κ1) is 15.0. The maximum Gasteiger partial charge on any atom is 0.269 e. The van der Waals surface area contributed by atoms with Crippen LogP contribution in [0.15, 0.2) is 0 Å². The average molecular weight is 334 g/mol. The van der Waals surface area contributed by atoms with Gasteiger partial charge in [-0.2, -0.15) is 4.80 Å². The molecule has 124 valence electrons. The molecule has 4 aliphatic carbocycles. The van der Waals surface area contributed by atoms with Crippen molar-refractivity contribution in [3.63, 3.8) is 0 Å². The Labute approximate surface area is 140 Å². The van der Waals surface area contributed by atoms with Crippen molar-refractivity contribution in [3.05, 3.63) is 0 Å². The number of carbonyl (C=O) groups is 1. The minimum atomic E-state index is 0.00772. The normalized spacial score (nSPS) is 34.4. The number of aromatic nitrogens is 4. The molecule has 0 saturated heterocycles. The van der Waals surface area contributed by atoms with Gasteiger partial charge in [0.2, 0.25) is 5.91 Å². The molecule has 4 bridgehead atoms. The maximum absolute atomic E-state index is 12.4. The van der Waals surface area contributed by atoms with Crippen LogP contribution in [0, 0.1) is 23.2 Å². The second-order valence-electron chi connectivity index (χ2n) is 7.70. The zero-order chi connectivity index (χ0) is 16.0. The van der Waals surface area contributed by atoms with E-state index in [0.717, 1.165) is 17.8 Å². The second-order valence-corrected chi connectivity index (χ2v) is 8.11. The van der Waals surface area contributed by atoms with Gasteiger partial charge >= 0.3 is 0 Å². The van der Waals surface area contributed by atoms with E-state index in [4.69, 9.17) is 12.2 Å². The number of hydrogen-bond donors (Lipinski definition) is 2. The third kappa shape index (κ3) is 3.08. The lowest BCUT2D eigenvalue weighted by Gasteiger charge is -2.56. The number of nitrogens with one attached hydrogen (secondary N) is 2. The zero-order valence-electron chi connectivity index (χ0n) is 13.3. The summed E-state index contributed by atoms with van der Waals surface area (Å²) in [5.41, 5.74) is 0.221. The van der Waals surface area contributed by atoms with Gasteiger partial charge in [0.25, 0.3) is 5.95 Å². The smallest absolute Gasteiger partial charge is 0.269 e. The van der Waals surface area contributed by atoms with Crippen molar-refractivity contribution in [2.75, 3.05) is 5.32 Å². The lowest BCUT2D eigenvalue weighted by molar-refractivity contribution is -0.127. The lowest BCUT2D eigenvalue weighted by Crippen LogP contribution is -2.48. The topological polar surface area (TPSA) is 84.7 Å². The van der Waals surface area contributed by atoms with E-state index in [-0.39, 0.29) is 16.4 Å². The van der Waals surface area contributed by atoms with Crippen molar-refractivity contribution in [2.45, 2.75) is 44.9 Å². The SMILES string of the molecule is Cn1nnc(NC(=S)NC(=O)CC23CC4CC(CC(C4)C2)C3)n1. The van der Waals surface area contributed by atoms with Crippen molar-refractivity contribution in [1.82, 2.24) is 25.5 Å². The molecule has 4 saturated carbocycles. The van der Waals surface area contributed by atoms with Crippen LogP contribution in [0.3, 0.4) is 0 Å². The Morgan fingerprint density at radius 3 is 2.39 bits per heavy atom. The predicted molar refractivity (Wildman–Crippen MR) is 88.4 cm³/mol. The molecule has 0 unspecified atom stereocenters. The summed E-state index contributed by atoms with van der Waals surface area (Å²) in [5, 5.41) is 17.3. The third-order valence-electron chi connectivity index (χ3n) is 5.69. The maximum atomic E-state index is 12.4. The van der Waals surface area contributed by atoms with Gasteiger partial charge in [0, 0.05) is 6.42 Å². The van der Waals surface area contributed by atoms with Crippen LogP contribution in [0.2, 0.25) is 0 Å². The molecule has 0 aliphatic heterocycles. The second kappa shape index (κ2) is 5.51. The summed E-state index contributed by atoms with van der Waals surface area (Å²) in [7, 11) is 1.67. The number of carbonyl (C=O) groups excluding carboxylic acids is 1. The molecule has 0 spiro atoms. The summed E-state index contributed by atoms with van der Waals surface area (Å²) < 4.78 is 0. The van der Waals surface area contributed by atoms with Crippen molar-refractivity contribution < 1.29 is 4.79 Å². The van der Waals surface area contributed by atoms with Crippen LogP contribution in [0.5, 0.6) is 0 Å². The van der Waals surface area contributed by atoms with Crippen molar-refractivity contribution >= 4 is 29.2 Å². The van der Waals surface area contributed by atoms with E-state index in [1.165, 1.54) is 43.3 Å². The molecule has 4 aliphatic rings. The summed E-state index contributed by atoms with van der Waals surface area (Å²) >= 11 is 5.17. The monoisotopic (exact) mass is 334 g/mol. The first-order valence-corrected chi connectivity index (χ1v) is 8.75. The Hall–Kier alpha value is -1.57. The number of hydrogen-bond acceptors (Lipinski definition) is 5. The molecule has 0 radical (unpaired) electrons. The Bertz CT molecular complexity index is 606. The highest BCUT2D eigenvalue weighted by molar-refractivity contribution is 7.80. The van der Waals surface area contributed by atoms with Crippen molar-refractivity contribution in [1.29, 1.82) is 0 Å². The molecule has 23 heavy (non-hydrogen) atoms. The molecule has 0 aromatic carbocycles. The molecule has 5 rings (SSSR count). The van der Waals surface area contributed by atoms with E-state index in [1.807, 2.05) is 0 Å². The number of tetrazole rings is 1. The summed E-state index contributed by atoms with van der Waals surface area (Å²) in [6.45, 7) is 0. The van der Waals surface area contributed by atoms with E-state index < -0.39 is 0 Å². The van der Waals surface area contributed by atoms with Gasteiger partial charge in [-0.25, -0.2) is 0 Å². The van der Waals surface area contributed by atoms with Crippen LogP contribution in [-0.4, -0.2) is 31.2 Å². The van der Waals surface area contributed by atoms with Gasteiger partial charge in [0.15, 0.2) is 5.11 Å². The van der Waals surface area contributed by atoms with E-state index >= 15 is 0 Å². The van der Waals surface area contributed by atoms with Crippen LogP contribution in [-0.2, 0) is 11.8 Å². The Morgan fingerprint density at radius 1 is 1.26 bits per heavy atom. The Kier molecular flexibility index (Phi) is 3.59. The zero-order valence-corrected chi connectivity index (χ0v) is 14.1. The highest BCUT2D eigenvalue weighted by Gasteiger charge is 2.51. The minimum Gasteiger partial charge on any atom is -0.303 e. The number of nitrogens with zero attached hydrogens (tertiary/aromatic N) is 4. The third-order valence-corrected chi connectivity index (χ3v) is 5.89. The highest BCUT2D eigenvalue weighted by atomic mass is 32.1. The molecule has 2 N–H and O–H groups in total. The summed E-state index contributed by atoms with van der Waals surface area (Å²) in [6.07, 6.45) is 8.42. The molecule has 4 fully saturated rings. The van der Waals surface area contributed by atoms with E-state index in [1.54, 1.807) is 7.05 Å². The molecule has 1 aromatic rings. The highest BCUT2D eigenvalue weighted by Crippen LogP contribution is 2.61. The Morgan fingerprint density at radius 2 is 1.87 bits per heavy atom. The number of aryl methyl sites for hydroxylation is 1. The van der Waals surface area contributed by atoms with Crippen LogP contribution in [0.25, 0.3) is 0 Å². The molecule has 8 heteroatoms. The average Bonchev–Trinajstić information content (AvgIpc) is 2.81. The van der Waals surface area contributed by atoms with E-state index in [9.17, 15) is 4.79 Å². The number of rotatable bonds is 3. The van der Waals surface area contributed by atoms with Gasteiger partial charge in [0.05, 0.1) is 7.05 Å². The lowest BCUT2D eigenvalue weighted by atomic mass is 9.49. The van der Waals surface area contributed by atoms with Gasteiger partial charge in [-0.05, 0) is 79.1 Å². The Balaban J connectivity index is 1.34. The standard InChI is InChI=1S/C15H22N6OS/c1-21-19-13(18-20-21)17-14(23)16-12(22)8-15-5-9-2-10(6-15)4-11(3-9)7-15/h9-11H,2-8H2,1H3,(H2,16,17,19,22,23). The van der Waals surface area contributed by atoms with Crippen molar-refractivity contribution in [3.8, 4) is 0 Å². The fourth-order valence-electron chi connectivity index (χ4n) is 5.48. The van der Waals surface area contributed by atoms with Gasteiger partial charge < -0.3 is 5.32 Å². The van der Waals surface area contributed by atoms with Gasteiger partial charge in [-0.15, -0.1) is 5.10 Å². The first-order valence-electron chi connectivity index (χ1n) is 8.34. The fourth-order valence-corrected chi connectivity index (χ4v) is 5.69. The summed E-state index contributed by atoms with van der Waals surface area (Å²) in [5.74, 6) is 2.86. The molecule has 0 atom stereocenters.